The number of hydrogen-bond donors (Lipinski definition) is 1. The highest BCUT2D eigenvalue weighted by Gasteiger charge is 2.00. The third-order valence-corrected chi connectivity index (χ3v) is 2.49. The van der Waals surface area contributed by atoms with Gasteiger partial charge in [0.2, 0.25) is 0 Å². The van der Waals surface area contributed by atoms with Gasteiger partial charge in [-0.15, -0.1) is 0 Å². The molecule has 0 saturated heterocycles. The van der Waals surface area contributed by atoms with Gasteiger partial charge in [-0.2, -0.15) is 0 Å². The third kappa shape index (κ3) is 1.96. The van der Waals surface area contributed by atoms with Crippen molar-refractivity contribution in [1.29, 1.82) is 0 Å². The molecule has 0 bridgehead atoms. The molecule has 1 aromatic carbocycles. The largest absolute Gasteiger partial charge is 0.345 e. The highest BCUT2D eigenvalue weighted by Crippen LogP contribution is 2.18. The normalized spacial score (nSPS) is 10.3. The van der Waals surface area contributed by atoms with Gasteiger partial charge in [0.05, 0.1) is 5.69 Å². The van der Waals surface area contributed by atoms with Crippen LogP contribution in [0.1, 0.15) is 11.1 Å². The molecule has 0 saturated carbocycles. The van der Waals surface area contributed by atoms with E-state index in [-0.39, 0.29) is 5.69 Å². The highest BCUT2D eigenvalue weighted by atomic mass is 16.1. The third-order valence-electron chi connectivity index (χ3n) is 2.49. The number of rotatable bonds is 1. The first-order valence-electron chi connectivity index (χ1n) is 4.80. The second-order valence-corrected chi connectivity index (χ2v) is 3.59. The quantitative estimate of drug-likeness (QED) is 0.765. The Labute approximate surface area is 87.8 Å². The molecule has 0 radical (unpaired) electrons. The molecule has 0 atom stereocenters. The van der Waals surface area contributed by atoms with E-state index in [0.717, 1.165) is 11.3 Å². The molecular formula is C12H12N2O. The summed E-state index contributed by atoms with van der Waals surface area (Å²) in [7, 11) is 0. The lowest BCUT2D eigenvalue weighted by atomic mass is 10.0. The Kier molecular flexibility index (Phi) is 2.37. The fourth-order valence-electron chi connectivity index (χ4n) is 1.45. The summed E-state index contributed by atoms with van der Waals surface area (Å²) in [4.78, 5) is 17.3. The number of nitrogens with one attached hydrogen (secondary N) is 1. The topological polar surface area (TPSA) is 45.8 Å². The first kappa shape index (κ1) is 9.65. The van der Waals surface area contributed by atoms with Gasteiger partial charge in [0.25, 0.3) is 0 Å². The van der Waals surface area contributed by atoms with Gasteiger partial charge in [0, 0.05) is 6.20 Å². The summed E-state index contributed by atoms with van der Waals surface area (Å²) in [5.41, 5.74) is 3.96. The minimum absolute atomic E-state index is 0.314. The lowest BCUT2D eigenvalue weighted by Gasteiger charge is -2.04. The van der Waals surface area contributed by atoms with E-state index in [1.165, 1.54) is 17.3 Å². The summed E-state index contributed by atoms with van der Waals surface area (Å²) in [5, 5.41) is 0. The molecule has 0 amide bonds. The van der Waals surface area contributed by atoms with E-state index in [2.05, 4.69) is 29.9 Å². The molecule has 3 heteroatoms. The Morgan fingerprint density at radius 2 is 1.93 bits per heavy atom. The van der Waals surface area contributed by atoms with Crippen molar-refractivity contribution in [3.8, 4) is 11.3 Å². The molecule has 76 valence electrons. The van der Waals surface area contributed by atoms with Crippen molar-refractivity contribution in [3.05, 3.63) is 52.1 Å². The van der Waals surface area contributed by atoms with Crippen molar-refractivity contribution in [1.82, 2.24) is 9.97 Å². The van der Waals surface area contributed by atoms with E-state index in [1.807, 2.05) is 12.1 Å². The zero-order valence-electron chi connectivity index (χ0n) is 8.74. The maximum atomic E-state index is 11.0. The number of aryl methyl sites for hydroxylation is 2. The molecule has 0 aliphatic carbocycles. The van der Waals surface area contributed by atoms with Crippen molar-refractivity contribution in [3.63, 3.8) is 0 Å². The van der Waals surface area contributed by atoms with Crippen LogP contribution >= 0.6 is 0 Å². The molecule has 1 aromatic heterocycles. The van der Waals surface area contributed by atoms with Gasteiger partial charge in [-0.05, 0) is 42.7 Å². The van der Waals surface area contributed by atoms with Crippen LogP contribution in [0.25, 0.3) is 11.3 Å². The van der Waals surface area contributed by atoms with Crippen molar-refractivity contribution in [2.45, 2.75) is 13.8 Å². The molecule has 15 heavy (non-hydrogen) atoms. The number of hydrogen-bond acceptors (Lipinski definition) is 2. The van der Waals surface area contributed by atoms with Gasteiger partial charge in [0.15, 0.2) is 0 Å². The van der Waals surface area contributed by atoms with Crippen molar-refractivity contribution >= 4 is 0 Å². The second-order valence-electron chi connectivity index (χ2n) is 3.59. The summed E-state index contributed by atoms with van der Waals surface area (Å²) >= 11 is 0. The van der Waals surface area contributed by atoms with Crippen LogP contribution in [0.2, 0.25) is 0 Å². The average Bonchev–Trinajstić information content (AvgIpc) is 2.22. The maximum Gasteiger partial charge on any atom is 0.345 e. The number of H-pyrrole nitrogens is 1. The first-order valence-corrected chi connectivity index (χ1v) is 4.80. The fourth-order valence-corrected chi connectivity index (χ4v) is 1.45. The maximum absolute atomic E-state index is 11.0. The van der Waals surface area contributed by atoms with Crippen LogP contribution in [0.3, 0.4) is 0 Å². The molecule has 3 nitrogen and oxygen atoms in total. The van der Waals surface area contributed by atoms with Gasteiger partial charge in [-0.25, -0.2) is 9.78 Å². The molecule has 0 unspecified atom stereocenters. The van der Waals surface area contributed by atoms with Crippen LogP contribution in [0.4, 0.5) is 0 Å². The highest BCUT2D eigenvalue weighted by molar-refractivity contribution is 5.60. The molecule has 0 fully saturated rings. The Hall–Kier alpha value is -1.90. The predicted octanol–water partition coefficient (Wildman–Crippen LogP) is 2.05. The summed E-state index contributed by atoms with van der Waals surface area (Å²) < 4.78 is 0. The van der Waals surface area contributed by atoms with E-state index in [0.29, 0.717) is 0 Å². The van der Waals surface area contributed by atoms with Crippen LogP contribution in [0, 0.1) is 13.8 Å². The van der Waals surface area contributed by atoms with Gasteiger partial charge in [-0.1, -0.05) is 12.1 Å². The predicted molar refractivity (Wildman–Crippen MR) is 59.8 cm³/mol. The van der Waals surface area contributed by atoms with Crippen LogP contribution in [0.5, 0.6) is 0 Å². The molecule has 2 aromatic rings. The summed E-state index contributed by atoms with van der Waals surface area (Å²) in [6.45, 7) is 4.12. The Morgan fingerprint density at radius 1 is 1.13 bits per heavy atom. The van der Waals surface area contributed by atoms with Gasteiger partial charge in [-0.3, -0.25) is 0 Å². The number of nitrogens with zero attached hydrogens (tertiary/aromatic N) is 1. The summed E-state index contributed by atoms with van der Waals surface area (Å²) in [6.07, 6.45) is 1.52. The Bertz CT molecular complexity index is 543. The van der Waals surface area contributed by atoms with Gasteiger partial charge >= 0.3 is 5.69 Å². The molecule has 0 aliphatic rings. The van der Waals surface area contributed by atoms with E-state index < -0.39 is 0 Å². The zero-order chi connectivity index (χ0) is 10.8. The van der Waals surface area contributed by atoms with Crippen molar-refractivity contribution in [2.75, 3.05) is 0 Å². The second kappa shape index (κ2) is 3.69. The molecule has 1 N–H and O–H groups in total. The van der Waals surface area contributed by atoms with Gasteiger partial charge in [0.1, 0.15) is 0 Å². The van der Waals surface area contributed by atoms with E-state index in [9.17, 15) is 4.79 Å². The van der Waals surface area contributed by atoms with Crippen LogP contribution < -0.4 is 5.69 Å². The van der Waals surface area contributed by atoms with E-state index in [4.69, 9.17) is 0 Å². The Balaban J connectivity index is 2.55. The SMILES string of the molecule is Cc1ccc(-c2ccnc(=O)[nH]2)cc1C. The van der Waals surface area contributed by atoms with E-state index >= 15 is 0 Å². The molecule has 2 rings (SSSR count). The molecule has 1 heterocycles. The monoisotopic (exact) mass is 200 g/mol. The number of aromatic nitrogens is 2. The number of benzene rings is 1. The lowest BCUT2D eigenvalue weighted by Crippen LogP contribution is -2.09. The minimum atomic E-state index is -0.314. The lowest BCUT2D eigenvalue weighted by molar-refractivity contribution is 1.08. The smallest absolute Gasteiger partial charge is 0.305 e. The van der Waals surface area contributed by atoms with Crippen molar-refractivity contribution < 1.29 is 0 Å². The first-order chi connectivity index (χ1) is 7.16. The molecular weight excluding hydrogens is 188 g/mol. The Morgan fingerprint density at radius 3 is 2.60 bits per heavy atom. The average molecular weight is 200 g/mol. The van der Waals surface area contributed by atoms with Crippen LogP contribution in [0.15, 0.2) is 35.3 Å². The van der Waals surface area contributed by atoms with Crippen molar-refractivity contribution in [2.24, 2.45) is 0 Å². The fraction of sp³-hybridized carbons (Fsp3) is 0.167. The van der Waals surface area contributed by atoms with E-state index in [1.54, 1.807) is 6.07 Å². The van der Waals surface area contributed by atoms with Gasteiger partial charge < -0.3 is 4.98 Å². The minimum Gasteiger partial charge on any atom is -0.305 e. The number of aromatic amines is 1. The molecule has 0 spiro atoms. The van der Waals surface area contributed by atoms with Crippen LogP contribution in [-0.2, 0) is 0 Å². The zero-order valence-corrected chi connectivity index (χ0v) is 8.74. The van der Waals surface area contributed by atoms with Crippen LogP contribution in [-0.4, -0.2) is 9.97 Å². The molecule has 0 aliphatic heterocycles. The summed E-state index contributed by atoms with van der Waals surface area (Å²) in [6, 6.07) is 7.89. The summed E-state index contributed by atoms with van der Waals surface area (Å²) in [5.74, 6) is 0. The standard InChI is InChI=1S/C12H12N2O/c1-8-3-4-10(7-9(8)2)11-5-6-13-12(15)14-11/h3-7H,1-2H3,(H,13,14,15).